The fourth-order valence-corrected chi connectivity index (χ4v) is 1.59. The molecule has 1 atom stereocenters. The Morgan fingerprint density at radius 3 is 2.42 bits per heavy atom. The molecule has 0 radical (unpaired) electrons. The third-order valence-corrected chi connectivity index (χ3v) is 2.47. The summed E-state index contributed by atoms with van der Waals surface area (Å²) >= 11 is 0. The number of hydrogen-bond acceptors (Lipinski definition) is 3. The molecule has 102 valence electrons. The predicted octanol–water partition coefficient (Wildman–Crippen LogP) is 3.47. The number of carbonyl (C=O) groups is 1. The number of carbonyl (C=O) groups excluding carboxylic acids is 1. The second kappa shape index (κ2) is 6.24. The fourth-order valence-electron chi connectivity index (χ4n) is 1.59. The zero-order valence-electron chi connectivity index (χ0n) is 11.9. The molecule has 0 aliphatic rings. The van der Waals surface area contributed by atoms with E-state index < -0.39 is 11.7 Å². The lowest BCUT2D eigenvalue weighted by atomic mass is 10.0. The minimum absolute atomic E-state index is 0.211. The van der Waals surface area contributed by atoms with E-state index in [0.717, 1.165) is 11.1 Å². The van der Waals surface area contributed by atoms with Crippen LogP contribution in [0, 0.1) is 18.3 Å². The second-order valence-electron chi connectivity index (χ2n) is 5.47. The zero-order chi connectivity index (χ0) is 14.5. The van der Waals surface area contributed by atoms with E-state index >= 15 is 0 Å². The third-order valence-electron chi connectivity index (χ3n) is 2.47. The Labute approximate surface area is 114 Å². The minimum Gasteiger partial charge on any atom is -0.444 e. The minimum atomic E-state index is -0.547. The van der Waals surface area contributed by atoms with Gasteiger partial charge in [-0.2, -0.15) is 5.26 Å². The van der Waals surface area contributed by atoms with Crippen molar-refractivity contribution < 1.29 is 9.53 Å². The van der Waals surface area contributed by atoms with Crippen LogP contribution in [0.1, 0.15) is 44.4 Å². The quantitative estimate of drug-likeness (QED) is 0.905. The Morgan fingerprint density at radius 2 is 1.95 bits per heavy atom. The number of nitriles is 1. The van der Waals surface area contributed by atoms with Crippen molar-refractivity contribution >= 4 is 6.09 Å². The van der Waals surface area contributed by atoms with Gasteiger partial charge in [-0.15, -0.1) is 0 Å². The van der Waals surface area contributed by atoms with Gasteiger partial charge < -0.3 is 10.1 Å². The first-order chi connectivity index (χ1) is 8.81. The van der Waals surface area contributed by atoms with Gasteiger partial charge in [0, 0.05) is 0 Å². The van der Waals surface area contributed by atoms with Crippen LogP contribution < -0.4 is 5.32 Å². The molecule has 1 aromatic carbocycles. The van der Waals surface area contributed by atoms with Crippen LogP contribution in [0.4, 0.5) is 4.79 Å². The highest BCUT2D eigenvalue weighted by Crippen LogP contribution is 2.18. The summed E-state index contributed by atoms with van der Waals surface area (Å²) in [6.07, 6.45) is -0.296. The molecule has 0 fully saturated rings. The van der Waals surface area contributed by atoms with Gasteiger partial charge in [0.1, 0.15) is 5.60 Å². The van der Waals surface area contributed by atoms with E-state index in [0.29, 0.717) is 0 Å². The summed E-state index contributed by atoms with van der Waals surface area (Å²) in [5, 5.41) is 11.6. The highest BCUT2D eigenvalue weighted by Gasteiger charge is 2.20. The monoisotopic (exact) mass is 260 g/mol. The highest BCUT2D eigenvalue weighted by atomic mass is 16.6. The van der Waals surface area contributed by atoms with Crippen LogP contribution in [0.15, 0.2) is 24.3 Å². The first kappa shape index (κ1) is 15.0. The number of alkyl carbamates (subject to hydrolysis) is 1. The topological polar surface area (TPSA) is 62.1 Å². The SMILES string of the molecule is Cc1ccc([C@@H](CC#N)NC(=O)OC(C)(C)C)cc1. The highest BCUT2D eigenvalue weighted by molar-refractivity contribution is 5.68. The first-order valence-electron chi connectivity index (χ1n) is 6.25. The van der Waals surface area contributed by atoms with Crippen molar-refractivity contribution in [2.75, 3.05) is 0 Å². The van der Waals surface area contributed by atoms with E-state index in [1.54, 1.807) is 20.8 Å². The lowest BCUT2D eigenvalue weighted by Crippen LogP contribution is -2.34. The van der Waals surface area contributed by atoms with Gasteiger partial charge in [-0.3, -0.25) is 0 Å². The first-order valence-corrected chi connectivity index (χ1v) is 6.25. The Bertz CT molecular complexity index is 466. The number of rotatable bonds is 3. The lowest BCUT2D eigenvalue weighted by molar-refractivity contribution is 0.0504. The molecule has 0 spiro atoms. The largest absolute Gasteiger partial charge is 0.444 e. The van der Waals surface area contributed by atoms with E-state index in [4.69, 9.17) is 10.00 Å². The molecule has 0 unspecified atom stereocenters. The Morgan fingerprint density at radius 1 is 1.37 bits per heavy atom. The van der Waals surface area contributed by atoms with Crippen molar-refractivity contribution in [2.24, 2.45) is 0 Å². The van der Waals surface area contributed by atoms with Gasteiger partial charge in [0.05, 0.1) is 18.5 Å². The van der Waals surface area contributed by atoms with Gasteiger partial charge in [-0.05, 0) is 33.3 Å². The number of nitrogens with zero attached hydrogens (tertiary/aromatic N) is 1. The molecule has 4 heteroatoms. The van der Waals surface area contributed by atoms with Crippen LogP contribution in [-0.4, -0.2) is 11.7 Å². The van der Waals surface area contributed by atoms with Crippen LogP contribution in [0.3, 0.4) is 0 Å². The van der Waals surface area contributed by atoms with E-state index in [2.05, 4.69) is 11.4 Å². The predicted molar refractivity (Wildman–Crippen MR) is 73.5 cm³/mol. The van der Waals surface area contributed by atoms with Crippen molar-refractivity contribution in [1.82, 2.24) is 5.32 Å². The molecular weight excluding hydrogens is 240 g/mol. The van der Waals surface area contributed by atoms with E-state index in [9.17, 15) is 4.79 Å². The Hall–Kier alpha value is -2.02. The van der Waals surface area contributed by atoms with Crippen LogP contribution in [0.5, 0.6) is 0 Å². The Kier molecular flexibility index (Phi) is 4.94. The molecule has 1 rings (SSSR count). The molecule has 0 aromatic heterocycles. The number of aryl methyl sites for hydroxylation is 1. The maximum absolute atomic E-state index is 11.7. The van der Waals surface area contributed by atoms with Gasteiger partial charge in [0.15, 0.2) is 0 Å². The van der Waals surface area contributed by atoms with Crippen molar-refractivity contribution in [3.05, 3.63) is 35.4 Å². The van der Waals surface area contributed by atoms with E-state index in [1.807, 2.05) is 31.2 Å². The average molecular weight is 260 g/mol. The molecule has 0 heterocycles. The maximum atomic E-state index is 11.7. The van der Waals surface area contributed by atoms with Gasteiger partial charge >= 0.3 is 6.09 Å². The third kappa shape index (κ3) is 5.43. The Balaban J connectivity index is 2.76. The maximum Gasteiger partial charge on any atom is 0.408 e. The van der Waals surface area contributed by atoms with E-state index in [1.165, 1.54) is 0 Å². The van der Waals surface area contributed by atoms with E-state index in [-0.39, 0.29) is 12.5 Å². The molecule has 0 aliphatic carbocycles. The van der Waals surface area contributed by atoms with Gasteiger partial charge in [-0.25, -0.2) is 4.79 Å². The summed E-state index contributed by atoms with van der Waals surface area (Å²) < 4.78 is 5.20. The fraction of sp³-hybridized carbons (Fsp3) is 0.467. The molecule has 1 amide bonds. The summed E-state index contributed by atoms with van der Waals surface area (Å²) in [7, 11) is 0. The van der Waals surface area contributed by atoms with Gasteiger partial charge in [0.2, 0.25) is 0 Å². The molecule has 0 bridgehead atoms. The summed E-state index contributed by atoms with van der Waals surface area (Å²) in [5.41, 5.74) is 1.49. The molecule has 4 nitrogen and oxygen atoms in total. The summed E-state index contributed by atoms with van der Waals surface area (Å²) in [4.78, 5) is 11.7. The van der Waals surface area contributed by atoms with Crippen molar-refractivity contribution in [2.45, 2.75) is 45.8 Å². The number of amides is 1. The normalized spacial score (nSPS) is 12.4. The molecule has 1 N–H and O–H groups in total. The van der Waals surface area contributed by atoms with Crippen LogP contribution in [-0.2, 0) is 4.74 Å². The number of nitrogens with one attached hydrogen (secondary N) is 1. The van der Waals surface area contributed by atoms with Gasteiger partial charge in [-0.1, -0.05) is 29.8 Å². The van der Waals surface area contributed by atoms with Crippen LogP contribution >= 0.6 is 0 Å². The van der Waals surface area contributed by atoms with Crippen molar-refractivity contribution in [1.29, 1.82) is 5.26 Å². The standard InChI is InChI=1S/C15H20N2O2/c1-11-5-7-12(8-6-11)13(9-10-16)17-14(18)19-15(2,3)4/h5-8,13H,9H2,1-4H3,(H,17,18)/t13-/m1/s1. The number of ether oxygens (including phenoxy) is 1. The molecule has 19 heavy (non-hydrogen) atoms. The summed E-state index contributed by atoms with van der Waals surface area (Å²) in [6.45, 7) is 7.40. The molecule has 1 aromatic rings. The zero-order valence-corrected chi connectivity index (χ0v) is 11.9. The van der Waals surface area contributed by atoms with Crippen LogP contribution in [0.25, 0.3) is 0 Å². The second-order valence-corrected chi connectivity index (χ2v) is 5.47. The van der Waals surface area contributed by atoms with Crippen molar-refractivity contribution in [3.63, 3.8) is 0 Å². The number of hydrogen-bond donors (Lipinski definition) is 1. The molecule has 0 saturated heterocycles. The molecule has 0 aliphatic heterocycles. The van der Waals surface area contributed by atoms with Crippen molar-refractivity contribution in [3.8, 4) is 6.07 Å². The molecular formula is C15H20N2O2. The lowest BCUT2D eigenvalue weighted by Gasteiger charge is -2.22. The van der Waals surface area contributed by atoms with Gasteiger partial charge in [0.25, 0.3) is 0 Å². The molecule has 0 saturated carbocycles. The number of benzene rings is 1. The van der Waals surface area contributed by atoms with Crippen LogP contribution in [0.2, 0.25) is 0 Å². The summed E-state index contributed by atoms with van der Waals surface area (Å²) in [6, 6.07) is 9.46. The summed E-state index contributed by atoms with van der Waals surface area (Å²) in [5.74, 6) is 0. The smallest absolute Gasteiger partial charge is 0.408 e. The average Bonchev–Trinajstić information content (AvgIpc) is 2.27.